The third-order valence-electron chi connectivity index (χ3n) is 3.55. The van der Waals surface area contributed by atoms with E-state index in [2.05, 4.69) is 11.9 Å². The van der Waals surface area contributed by atoms with Crippen LogP contribution in [-0.2, 0) is 16.0 Å². The Balaban J connectivity index is 2.01. The van der Waals surface area contributed by atoms with Gasteiger partial charge in [-0.3, -0.25) is 4.79 Å². The monoisotopic (exact) mass is 355 g/mol. The number of nitriles is 1. The molecule has 0 bridgehead atoms. The summed E-state index contributed by atoms with van der Waals surface area (Å²) in [6, 6.07) is 9.63. The molecule has 0 aliphatic carbocycles. The van der Waals surface area contributed by atoms with Gasteiger partial charge in [0.1, 0.15) is 10.9 Å². The molecule has 2 aromatic rings. The van der Waals surface area contributed by atoms with Gasteiger partial charge >= 0.3 is 5.97 Å². The number of Topliss-reactive ketones (excluding diaryl/α,β-unsaturated/α-hetero) is 1. The number of ketones is 1. The molecule has 0 aliphatic rings. The second-order valence-electron chi connectivity index (χ2n) is 5.38. The van der Waals surface area contributed by atoms with Gasteiger partial charge in [0.2, 0.25) is 0 Å². The number of rotatable bonds is 7. The second kappa shape index (κ2) is 8.31. The van der Waals surface area contributed by atoms with Gasteiger partial charge in [0, 0.05) is 16.7 Å². The van der Waals surface area contributed by atoms with Crippen molar-refractivity contribution in [2.24, 2.45) is 5.92 Å². The first-order chi connectivity index (χ1) is 12.0. The van der Waals surface area contributed by atoms with Crippen molar-refractivity contribution < 1.29 is 14.3 Å². The van der Waals surface area contributed by atoms with E-state index in [1.165, 1.54) is 23.8 Å². The fourth-order valence-electron chi connectivity index (χ4n) is 2.09. The zero-order valence-electron chi connectivity index (χ0n) is 13.9. The van der Waals surface area contributed by atoms with Crippen molar-refractivity contribution in [3.63, 3.8) is 0 Å². The number of aryl methyl sites for hydroxylation is 1. The number of esters is 1. The van der Waals surface area contributed by atoms with Gasteiger partial charge in [-0.1, -0.05) is 31.2 Å². The van der Waals surface area contributed by atoms with Crippen LogP contribution in [0.4, 0.5) is 0 Å². The molecular weight excluding hydrogens is 338 g/mol. The molecule has 0 unspecified atom stereocenters. The number of nitrogens with zero attached hydrogens (tertiary/aromatic N) is 2. The van der Waals surface area contributed by atoms with E-state index in [-0.39, 0.29) is 11.4 Å². The predicted octanol–water partition coefficient (Wildman–Crippen LogP) is 3.28. The van der Waals surface area contributed by atoms with Crippen LogP contribution >= 0.6 is 11.3 Å². The topological polar surface area (TPSA) is 104 Å². The molecule has 0 aliphatic heterocycles. The SMILES string of the molecule is CCc1ccc(-c2nc(C(=O)OCC(=O)[C@@H](C#N)C(C)=N)cs2)cc1. The third-order valence-corrected chi connectivity index (χ3v) is 4.44. The molecule has 0 amide bonds. The molecule has 1 N–H and O–H groups in total. The Labute approximate surface area is 149 Å². The fraction of sp³-hybridized carbons (Fsp3) is 0.278. The van der Waals surface area contributed by atoms with Gasteiger partial charge in [-0.25, -0.2) is 9.78 Å². The van der Waals surface area contributed by atoms with Crippen LogP contribution in [0.5, 0.6) is 0 Å². The van der Waals surface area contributed by atoms with Crippen molar-refractivity contribution in [2.45, 2.75) is 20.3 Å². The zero-order chi connectivity index (χ0) is 18.4. The van der Waals surface area contributed by atoms with Crippen LogP contribution in [0.1, 0.15) is 29.9 Å². The summed E-state index contributed by atoms with van der Waals surface area (Å²) in [6.45, 7) is 2.89. The number of nitrogens with one attached hydrogen (secondary N) is 1. The first-order valence-electron chi connectivity index (χ1n) is 7.65. The molecule has 2 rings (SSSR count). The smallest absolute Gasteiger partial charge is 0.358 e. The van der Waals surface area contributed by atoms with E-state index in [1.54, 1.807) is 11.4 Å². The van der Waals surface area contributed by atoms with E-state index < -0.39 is 24.3 Å². The number of ether oxygens (including phenoxy) is 1. The van der Waals surface area contributed by atoms with Crippen LogP contribution in [-0.4, -0.2) is 29.1 Å². The highest BCUT2D eigenvalue weighted by Crippen LogP contribution is 2.24. The lowest BCUT2D eigenvalue weighted by molar-refractivity contribution is -0.122. The Bertz CT molecular complexity index is 834. The van der Waals surface area contributed by atoms with Crippen molar-refractivity contribution >= 4 is 28.8 Å². The average molecular weight is 355 g/mol. The molecule has 128 valence electrons. The Morgan fingerprint density at radius 2 is 2.04 bits per heavy atom. The number of carbonyl (C=O) groups is 2. The van der Waals surface area contributed by atoms with Gasteiger partial charge in [0.25, 0.3) is 0 Å². The summed E-state index contributed by atoms with van der Waals surface area (Å²) >= 11 is 1.31. The van der Waals surface area contributed by atoms with Crippen LogP contribution in [0.3, 0.4) is 0 Å². The standard InChI is InChI=1S/C18H17N3O3S/c1-3-12-4-6-13(7-5-12)17-21-15(10-25-17)18(23)24-9-16(22)14(8-19)11(2)20/h4-7,10,14,20H,3,9H2,1-2H3/t14-/m0/s1. The molecule has 0 saturated carbocycles. The summed E-state index contributed by atoms with van der Waals surface area (Å²) in [5.41, 5.74) is 2.16. The van der Waals surface area contributed by atoms with Crippen LogP contribution < -0.4 is 0 Å². The molecule has 0 radical (unpaired) electrons. The lowest BCUT2D eigenvalue weighted by Gasteiger charge is -2.06. The lowest BCUT2D eigenvalue weighted by Crippen LogP contribution is -2.25. The maximum absolute atomic E-state index is 12.0. The van der Waals surface area contributed by atoms with Gasteiger partial charge in [-0.05, 0) is 18.9 Å². The van der Waals surface area contributed by atoms with Crippen molar-refractivity contribution in [1.29, 1.82) is 10.7 Å². The maximum Gasteiger partial charge on any atom is 0.358 e. The van der Waals surface area contributed by atoms with Crippen molar-refractivity contribution in [2.75, 3.05) is 6.61 Å². The summed E-state index contributed by atoms with van der Waals surface area (Å²) in [6.07, 6.45) is 0.947. The molecule has 1 aromatic carbocycles. The van der Waals surface area contributed by atoms with Crippen LogP contribution in [0, 0.1) is 22.7 Å². The van der Waals surface area contributed by atoms with Gasteiger partial charge in [-0.15, -0.1) is 11.3 Å². The van der Waals surface area contributed by atoms with E-state index >= 15 is 0 Å². The minimum atomic E-state index is -1.18. The highest BCUT2D eigenvalue weighted by molar-refractivity contribution is 7.13. The first-order valence-corrected chi connectivity index (χ1v) is 8.53. The van der Waals surface area contributed by atoms with Gasteiger partial charge < -0.3 is 10.1 Å². The quantitative estimate of drug-likeness (QED) is 0.606. The Hall–Kier alpha value is -2.85. The average Bonchev–Trinajstić information content (AvgIpc) is 3.10. The minimum Gasteiger partial charge on any atom is -0.453 e. The lowest BCUT2D eigenvalue weighted by atomic mass is 10.0. The Morgan fingerprint density at radius 1 is 1.36 bits per heavy atom. The Morgan fingerprint density at radius 3 is 2.60 bits per heavy atom. The first kappa shape index (κ1) is 18.5. The van der Waals surface area contributed by atoms with E-state index in [1.807, 2.05) is 24.3 Å². The fourth-order valence-corrected chi connectivity index (χ4v) is 2.88. The van der Waals surface area contributed by atoms with Crippen LogP contribution in [0.2, 0.25) is 0 Å². The molecule has 7 heteroatoms. The summed E-state index contributed by atoms with van der Waals surface area (Å²) in [4.78, 5) is 28.0. The van der Waals surface area contributed by atoms with Crippen molar-refractivity contribution in [3.8, 4) is 16.6 Å². The molecule has 25 heavy (non-hydrogen) atoms. The summed E-state index contributed by atoms with van der Waals surface area (Å²) < 4.78 is 4.92. The number of hydrogen-bond donors (Lipinski definition) is 1. The number of carbonyl (C=O) groups excluding carboxylic acids is 2. The van der Waals surface area contributed by atoms with Crippen molar-refractivity contribution in [3.05, 3.63) is 40.9 Å². The minimum absolute atomic E-state index is 0.0741. The molecule has 1 aromatic heterocycles. The highest BCUT2D eigenvalue weighted by Gasteiger charge is 2.22. The normalized spacial score (nSPS) is 11.4. The highest BCUT2D eigenvalue weighted by atomic mass is 32.1. The van der Waals surface area contributed by atoms with E-state index in [9.17, 15) is 9.59 Å². The second-order valence-corrected chi connectivity index (χ2v) is 6.23. The molecule has 0 saturated heterocycles. The number of aromatic nitrogens is 1. The molecule has 0 spiro atoms. The van der Waals surface area contributed by atoms with E-state index in [0.29, 0.717) is 5.01 Å². The zero-order valence-corrected chi connectivity index (χ0v) is 14.7. The maximum atomic E-state index is 12.0. The molecule has 6 nitrogen and oxygen atoms in total. The third kappa shape index (κ3) is 4.58. The van der Waals surface area contributed by atoms with Gasteiger partial charge in [0.15, 0.2) is 18.1 Å². The Kier molecular flexibility index (Phi) is 6.14. The number of benzene rings is 1. The summed E-state index contributed by atoms with van der Waals surface area (Å²) in [7, 11) is 0. The van der Waals surface area contributed by atoms with E-state index in [0.717, 1.165) is 12.0 Å². The molecular formula is C18H17N3O3S. The number of thiazole rings is 1. The molecule has 0 fully saturated rings. The van der Waals surface area contributed by atoms with Crippen molar-refractivity contribution in [1.82, 2.24) is 4.98 Å². The van der Waals surface area contributed by atoms with E-state index in [4.69, 9.17) is 15.4 Å². The van der Waals surface area contributed by atoms with Gasteiger partial charge in [-0.2, -0.15) is 5.26 Å². The largest absolute Gasteiger partial charge is 0.453 e. The predicted molar refractivity (Wildman–Crippen MR) is 94.7 cm³/mol. The van der Waals surface area contributed by atoms with Gasteiger partial charge in [0.05, 0.1) is 6.07 Å². The number of hydrogen-bond acceptors (Lipinski definition) is 7. The summed E-state index contributed by atoms with van der Waals surface area (Å²) in [5, 5.41) is 18.5. The molecule has 1 atom stereocenters. The molecule has 1 heterocycles. The summed E-state index contributed by atoms with van der Waals surface area (Å²) in [5.74, 6) is -2.52. The van der Waals surface area contributed by atoms with Crippen LogP contribution in [0.25, 0.3) is 10.6 Å². The van der Waals surface area contributed by atoms with Crippen LogP contribution in [0.15, 0.2) is 29.6 Å².